The summed E-state index contributed by atoms with van der Waals surface area (Å²) in [5.74, 6) is -1.22. The van der Waals surface area contributed by atoms with Crippen LogP contribution in [0.25, 0.3) is 10.4 Å². The van der Waals surface area contributed by atoms with E-state index in [9.17, 15) is 14.7 Å². The van der Waals surface area contributed by atoms with Crippen LogP contribution in [0.3, 0.4) is 0 Å². The highest BCUT2D eigenvalue weighted by molar-refractivity contribution is 7.18. The number of thiophene rings is 1. The summed E-state index contributed by atoms with van der Waals surface area (Å²) in [6, 6.07) is 9.73. The van der Waals surface area contributed by atoms with Gasteiger partial charge in [0.25, 0.3) is 0 Å². The Bertz CT molecular complexity index is 659. The van der Waals surface area contributed by atoms with E-state index >= 15 is 0 Å². The molecule has 1 aromatic heterocycles. The van der Waals surface area contributed by atoms with Gasteiger partial charge in [0.2, 0.25) is 5.91 Å². The quantitative estimate of drug-likeness (QED) is 0.876. The molecule has 2 N–H and O–H groups in total. The molecule has 5 heteroatoms. The molecule has 2 aromatic rings. The fourth-order valence-electron chi connectivity index (χ4n) is 1.93. The predicted octanol–water partition coefficient (Wildman–Crippen LogP) is 4.02. The van der Waals surface area contributed by atoms with Gasteiger partial charge in [-0.15, -0.1) is 11.3 Å². The Balaban J connectivity index is 2.37. The van der Waals surface area contributed by atoms with Gasteiger partial charge >= 0.3 is 5.97 Å². The second kappa shape index (κ2) is 6.54. The third kappa shape index (κ3) is 3.49. The van der Waals surface area contributed by atoms with Crippen molar-refractivity contribution in [1.82, 2.24) is 0 Å². The Hall–Kier alpha value is -2.14. The van der Waals surface area contributed by atoms with Crippen LogP contribution in [0, 0.1) is 0 Å². The molecule has 0 aliphatic rings. The molecule has 0 radical (unpaired) electrons. The molecule has 0 fully saturated rings. The molecule has 110 valence electrons. The van der Waals surface area contributed by atoms with Gasteiger partial charge in [0.15, 0.2) is 0 Å². The van der Waals surface area contributed by atoms with E-state index in [1.54, 1.807) is 13.0 Å². The largest absolute Gasteiger partial charge is 0.477 e. The van der Waals surface area contributed by atoms with E-state index < -0.39 is 5.97 Å². The number of amides is 1. The van der Waals surface area contributed by atoms with Crippen LogP contribution in [0.4, 0.5) is 5.69 Å². The minimum absolute atomic E-state index is 0.159. The first-order chi connectivity index (χ1) is 10.0. The van der Waals surface area contributed by atoms with Crippen molar-refractivity contribution in [2.45, 2.75) is 26.7 Å². The second-order valence-corrected chi connectivity index (χ2v) is 5.66. The normalized spacial score (nSPS) is 10.4. The number of aromatic carboxylic acids is 1. The average Bonchev–Trinajstić information content (AvgIpc) is 2.91. The number of anilines is 1. The molecule has 2 rings (SSSR count). The monoisotopic (exact) mass is 303 g/mol. The van der Waals surface area contributed by atoms with Crippen LogP contribution in [0.15, 0.2) is 30.3 Å². The lowest BCUT2D eigenvalue weighted by Crippen LogP contribution is -2.11. The summed E-state index contributed by atoms with van der Waals surface area (Å²) in [5, 5.41) is 11.9. The van der Waals surface area contributed by atoms with Crippen LogP contribution in [-0.2, 0) is 11.2 Å². The molecule has 0 spiro atoms. The Morgan fingerprint density at radius 2 is 1.86 bits per heavy atom. The lowest BCUT2D eigenvalue weighted by molar-refractivity contribution is -0.115. The molecule has 1 heterocycles. The zero-order valence-electron chi connectivity index (χ0n) is 12.0. The van der Waals surface area contributed by atoms with Crippen LogP contribution < -0.4 is 5.32 Å². The number of nitrogens with one attached hydrogen (secondary N) is 1. The van der Waals surface area contributed by atoms with Gasteiger partial charge in [-0.1, -0.05) is 38.1 Å². The smallest absolute Gasteiger partial charge is 0.348 e. The highest BCUT2D eigenvalue weighted by atomic mass is 32.1. The minimum atomic E-state index is -1.03. The Labute approximate surface area is 127 Å². The number of hydrogen-bond donors (Lipinski definition) is 2. The van der Waals surface area contributed by atoms with Crippen molar-refractivity contribution >= 4 is 28.9 Å². The van der Waals surface area contributed by atoms with Crippen LogP contribution in [0.2, 0.25) is 0 Å². The lowest BCUT2D eigenvalue weighted by Gasteiger charge is -2.01. The SMILES string of the molecule is CCC(=O)Nc1cc(-c2ccc(CC)cc2)sc1C(=O)O. The minimum Gasteiger partial charge on any atom is -0.477 e. The van der Waals surface area contributed by atoms with E-state index in [-0.39, 0.29) is 10.8 Å². The van der Waals surface area contributed by atoms with Crippen molar-refractivity contribution in [2.24, 2.45) is 0 Å². The Kier molecular flexibility index (Phi) is 4.75. The van der Waals surface area contributed by atoms with Crippen LogP contribution in [-0.4, -0.2) is 17.0 Å². The van der Waals surface area contributed by atoms with Crippen molar-refractivity contribution < 1.29 is 14.7 Å². The molecule has 0 bridgehead atoms. The number of carboxylic acids is 1. The highest BCUT2D eigenvalue weighted by Gasteiger charge is 2.17. The van der Waals surface area contributed by atoms with Crippen LogP contribution >= 0.6 is 11.3 Å². The summed E-state index contributed by atoms with van der Waals surface area (Å²) in [4.78, 5) is 23.8. The maximum atomic E-state index is 11.5. The number of carboxylic acid groups (broad SMARTS) is 1. The van der Waals surface area contributed by atoms with E-state index in [0.29, 0.717) is 12.1 Å². The fourth-order valence-corrected chi connectivity index (χ4v) is 2.89. The topological polar surface area (TPSA) is 66.4 Å². The molecule has 0 saturated heterocycles. The molecule has 0 aliphatic heterocycles. The van der Waals surface area contributed by atoms with Gasteiger partial charge in [0.05, 0.1) is 5.69 Å². The summed E-state index contributed by atoms with van der Waals surface area (Å²) < 4.78 is 0. The molecule has 1 amide bonds. The van der Waals surface area contributed by atoms with Gasteiger partial charge in [-0.3, -0.25) is 4.79 Å². The summed E-state index contributed by atoms with van der Waals surface area (Å²) in [7, 11) is 0. The van der Waals surface area contributed by atoms with Crippen molar-refractivity contribution in [2.75, 3.05) is 5.32 Å². The Morgan fingerprint density at radius 1 is 1.19 bits per heavy atom. The van der Waals surface area contributed by atoms with Gasteiger partial charge < -0.3 is 10.4 Å². The molecular weight excluding hydrogens is 286 g/mol. The maximum Gasteiger partial charge on any atom is 0.348 e. The third-order valence-electron chi connectivity index (χ3n) is 3.17. The molecule has 0 saturated carbocycles. The number of aryl methyl sites for hydroxylation is 1. The molecule has 4 nitrogen and oxygen atoms in total. The van der Waals surface area contributed by atoms with Gasteiger partial charge in [-0.05, 0) is 23.6 Å². The maximum absolute atomic E-state index is 11.5. The number of benzene rings is 1. The summed E-state index contributed by atoms with van der Waals surface area (Å²) in [5.41, 5.74) is 2.55. The van der Waals surface area contributed by atoms with Crippen molar-refractivity contribution in [3.8, 4) is 10.4 Å². The molecule has 21 heavy (non-hydrogen) atoms. The lowest BCUT2D eigenvalue weighted by atomic mass is 10.1. The van der Waals surface area contributed by atoms with E-state index in [1.807, 2.05) is 24.3 Å². The van der Waals surface area contributed by atoms with Crippen LogP contribution in [0.1, 0.15) is 35.5 Å². The summed E-state index contributed by atoms with van der Waals surface area (Å²) in [6.45, 7) is 3.81. The van der Waals surface area contributed by atoms with Gasteiger partial charge in [-0.2, -0.15) is 0 Å². The van der Waals surface area contributed by atoms with Crippen molar-refractivity contribution in [1.29, 1.82) is 0 Å². The predicted molar refractivity (Wildman–Crippen MR) is 85.0 cm³/mol. The number of carbonyl (C=O) groups excluding carboxylic acids is 1. The van der Waals surface area contributed by atoms with Gasteiger partial charge in [0, 0.05) is 11.3 Å². The fraction of sp³-hybridized carbons (Fsp3) is 0.250. The first kappa shape index (κ1) is 15.3. The van der Waals surface area contributed by atoms with E-state index in [4.69, 9.17) is 0 Å². The summed E-state index contributed by atoms with van der Waals surface area (Å²) in [6.07, 6.45) is 1.28. The Morgan fingerprint density at radius 3 is 2.38 bits per heavy atom. The third-order valence-corrected chi connectivity index (χ3v) is 4.34. The number of rotatable bonds is 5. The molecule has 1 aromatic carbocycles. The number of carbonyl (C=O) groups is 2. The highest BCUT2D eigenvalue weighted by Crippen LogP contribution is 2.35. The number of hydrogen-bond acceptors (Lipinski definition) is 3. The van der Waals surface area contributed by atoms with Crippen LogP contribution in [0.5, 0.6) is 0 Å². The first-order valence-electron chi connectivity index (χ1n) is 6.81. The average molecular weight is 303 g/mol. The molecule has 0 aliphatic carbocycles. The van der Waals surface area contributed by atoms with Gasteiger partial charge in [-0.25, -0.2) is 4.79 Å². The van der Waals surface area contributed by atoms with Gasteiger partial charge in [0.1, 0.15) is 4.88 Å². The van der Waals surface area contributed by atoms with Crippen molar-refractivity contribution in [3.05, 3.63) is 40.8 Å². The zero-order valence-corrected chi connectivity index (χ0v) is 12.8. The molecular formula is C16H17NO3S. The van der Waals surface area contributed by atoms with E-state index in [0.717, 1.165) is 16.9 Å². The summed E-state index contributed by atoms with van der Waals surface area (Å²) >= 11 is 1.17. The molecule has 0 atom stereocenters. The van der Waals surface area contributed by atoms with E-state index in [1.165, 1.54) is 16.9 Å². The first-order valence-corrected chi connectivity index (χ1v) is 7.63. The molecule has 0 unspecified atom stereocenters. The second-order valence-electron chi connectivity index (χ2n) is 4.61. The zero-order chi connectivity index (χ0) is 15.4. The standard InChI is InChI=1S/C16H17NO3S/c1-3-10-5-7-11(8-6-10)13-9-12(17-14(18)4-2)15(21-13)16(19)20/h5-9H,3-4H2,1-2H3,(H,17,18)(H,19,20). The van der Waals surface area contributed by atoms with Crippen molar-refractivity contribution in [3.63, 3.8) is 0 Å². The van der Waals surface area contributed by atoms with E-state index in [2.05, 4.69) is 12.2 Å².